The number of nitrogens with zero attached hydrogens (tertiary/aromatic N) is 2. The topological polar surface area (TPSA) is 99.8 Å². The van der Waals surface area contributed by atoms with Gasteiger partial charge in [-0.05, 0) is 0 Å². The maximum atomic E-state index is 11.4. The maximum absolute atomic E-state index is 11.4. The van der Waals surface area contributed by atoms with Crippen molar-refractivity contribution in [2.24, 2.45) is 0 Å². The Morgan fingerprint density at radius 1 is 1.31 bits per heavy atom. The van der Waals surface area contributed by atoms with E-state index in [-0.39, 0.29) is 17.6 Å². The smallest absolute Gasteiger partial charge is 0.291 e. The molecule has 1 aromatic rings. The number of H-pyrrole nitrogens is 1. The fourth-order valence-electron chi connectivity index (χ4n) is 1.05. The molecule has 0 aliphatic heterocycles. The SMILES string of the molecule is CCc1nc(C(=O)NCCNC(C)=O)n[nH]1. The van der Waals surface area contributed by atoms with E-state index in [4.69, 9.17) is 0 Å². The summed E-state index contributed by atoms with van der Waals surface area (Å²) in [7, 11) is 0. The minimum atomic E-state index is -0.346. The van der Waals surface area contributed by atoms with Crippen LogP contribution in [0.1, 0.15) is 30.3 Å². The highest BCUT2D eigenvalue weighted by Gasteiger charge is 2.10. The minimum absolute atomic E-state index is 0.125. The molecular formula is C9H15N5O2. The molecule has 0 bridgehead atoms. The number of aromatic amines is 1. The Labute approximate surface area is 93.0 Å². The molecule has 0 radical (unpaired) electrons. The lowest BCUT2D eigenvalue weighted by Crippen LogP contribution is -2.34. The third-order valence-corrected chi connectivity index (χ3v) is 1.85. The minimum Gasteiger partial charge on any atom is -0.355 e. The van der Waals surface area contributed by atoms with Crippen LogP contribution >= 0.6 is 0 Å². The molecule has 0 aliphatic carbocycles. The molecule has 88 valence electrons. The predicted molar refractivity (Wildman–Crippen MR) is 56.8 cm³/mol. The number of carbonyl (C=O) groups excluding carboxylic acids is 2. The van der Waals surface area contributed by atoms with Crippen LogP contribution in [0.4, 0.5) is 0 Å². The van der Waals surface area contributed by atoms with Crippen LogP contribution in [-0.4, -0.2) is 40.1 Å². The van der Waals surface area contributed by atoms with E-state index in [2.05, 4.69) is 25.8 Å². The number of nitrogens with one attached hydrogen (secondary N) is 3. The monoisotopic (exact) mass is 225 g/mol. The number of aryl methyl sites for hydroxylation is 1. The van der Waals surface area contributed by atoms with Gasteiger partial charge in [0, 0.05) is 26.4 Å². The van der Waals surface area contributed by atoms with Gasteiger partial charge in [-0.25, -0.2) is 4.98 Å². The molecule has 2 amide bonds. The first-order valence-corrected chi connectivity index (χ1v) is 5.07. The molecule has 7 nitrogen and oxygen atoms in total. The summed E-state index contributed by atoms with van der Waals surface area (Å²) >= 11 is 0. The Kier molecular flexibility index (Phi) is 4.43. The predicted octanol–water partition coefficient (Wildman–Crippen LogP) is -0.767. The molecule has 0 unspecified atom stereocenters. The average Bonchev–Trinajstić information content (AvgIpc) is 2.72. The summed E-state index contributed by atoms with van der Waals surface area (Å²) in [6, 6.07) is 0. The Morgan fingerprint density at radius 2 is 2.00 bits per heavy atom. The molecule has 0 saturated carbocycles. The number of hydrogen-bond donors (Lipinski definition) is 3. The molecule has 0 aromatic carbocycles. The van der Waals surface area contributed by atoms with E-state index in [0.29, 0.717) is 25.3 Å². The van der Waals surface area contributed by atoms with Crippen molar-refractivity contribution in [1.29, 1.82) is 0 Å². The Morgan fingerprint density at radius 3 is 2.56 bits per heavy atom. The zero-order valence-electron chi connectivity index (χ0n) is 9.33. The second kappa shape index (κ2) is 5.84. The van der Waals surface area contributed by atoms with Crippen molar-refractivity contribution in [3.8, 4) is 0 Å². The molecule has 16 heavy (non-hydrogen) atoms. The van der Waals surface area contributed by atoms with Crippen LogP contribution in [0.3, 0.4) is 0 Å². The zero-order valence-corrected chi connectivity index (χ0v) is 9.33. The van der Waals surface area contributed by atoms with Crippen LogP contribution in [-0.2, 0) is 11.2 Å². The fourth-order valence-corrected chi connectivity index (χ4v) is 1.05. The van der Waals surface area contributed by atoms with Crippen LogP contribution in [0.2, 0.25) is 0 Å². The maximum Gasteiger partial charge on any atom is 0.291 e. The number of carbonyl (C=O) groups is 2. The van der Waals surface area contributed by atoms with Crippen LogP contribution in [0.25, 0.3) is 0 Å². The van der Waals surface area contributed by atoms with Crippen molar-refractivity contribution in [3.63, 3.8) is 0 Å². The summed E-state index contributed by atoms with van der Waals surface area (Å²) in [6.07, 6.45) is 0.701. The van der Waals surface area contributed by atoms with Crippen LogP contribution in [0.5, 0.6) is 0 Å². The van der Waals surface area contributed by atoms with Crippen molar-refractivity contribution in [1.82, 2.24) is 25.8 Å². The molecule has 0 atom stereocenters. The highest BCUT2D eigenvalue weighted by Crippen LogP contribution is 1.92. The molecule has 1 rings (SSSR count). The van der Waals surface area contributed by atoms with E-state index in [9.17, 15) is 9.59 Å². The summed E-state index contributed by atoms with van der Waals surface area (Å²) in [5.74, 6) is 0.327. The third kappa shape index (κ3) is 3.68. The van der Waals surface area contributed by atoms with Gasteiger partial charge < -0.3 is 10.6 Å². The standard InChI is InChI=1S/C9H15N5O2/c1-3-7-12-8(14-13-7)9(16)11-5-4-10-6(2)15/h3-5H2,1-2H3,(H,10,15)(H,11,16)(H,12,13,14). The molecular weight excluding hydrogens is 210 g/mol. The van der Waals surface area contributed by atoms with Gasteiger partial charge in [0.25, 0.3) is 5.91 Å². The third-order valence-electron chi connectivity index (χ3n) is 1.85. The number of aromatic nitrogens is 3. The summed E-state index contributed by atoms with van der Waals surface area (Å²) in [4.78, 5) is 26.0. The quantitative estimate of drug-likeness (QED) is 0.573. The largest absolute Gasteiger partial charge is 0.355 e. The van der Waals surface area contributed by atoms with Crippen LogP contribution < -0.4 is 10.6 Å². The lowest BCUT2D eigenvalue weighted by atomic mass is 10.4. The van der Waals surface area contributed by atoms with Gasteiger partial charge in [0.1, 0.15) is 5.82 Å². The van der Waals surface area contributed by atoms with Gasteiger partial charge in [0.2, 0.25) is 11.7 Å². The number of amides is 2. The Bertz CT molecular complexity index is 374. The molecule has 7 heteroatoms. The fraction of sp³-hybridized carbons (Fsp3) is 0.556. The summed E-state index contributed by atoms with van der Waals surface area (Å²) in [6.45, 7) is 4.09. The molecule has 0 fully saturated rings. The van der Waals surface area contributed by atoms with E-state index in [1.54, 1.807) is 0 Å². The first kappa shape index (κ1) is 12.2. The van der Waals surface area contributed by atoms with Crippen LogP contribution in [0, 0.1) is 0 Å². The molecule has 0 spiro atoms. The van der Waals surface area contributed by atoms with E-state index in [0.717, 1.165) is 0 Å². The van der Waals surface area contributed by atoms with Crippen molar-refractivity contribution in [3.05, 3.63) is 11.6 Å². The normalized spacial score (nSPS) is 9.88. The Balaban J connectivity index is 2.32. The van der Waals surface area contributed by atoms with Crippen LogP contribution in [0.15, 0.2) is 0 Å². The van der Waals surface area contributed by atoms with Gasteiger partial charge in [0.05, 0.1) is 0 Å². The van der Waals surface area contributed by atoms with Crippen molar-refractivity contribution < 1.29 is 9.59 Å². The average molecular weight is 225 g/mol. The van der Waals surface area contributed by atoms with Gasteiger partial charge in [-0.1, -0.05) is 6.92 Å². The summed E-state index contributed by atoms with van der Waals surface area (Å²) < 4.78 is 0. The van der Waals surface area contributed by atoms with Gasteiger partial charge in [-0.15, -0.1) is 5.10 Å². The summed E-state index contributed by atoms with van der Waals surface area (Å²) in [5, 5.41) is 11.6. The molecule has 3 N–H and O–H groups in total. The summed E-state index contributed by atoms with van der Waals surface area (Å²) in [5.41, 5.74) is 0. The van der Waals surface area contributed by atoms with Crippen molar-refractivity contribution in [2.45, 2.75) is 20.3 Å². The molecule has 1 aromatic heterocycles. The van der Waals surface area contributed by atoms with E-state index < -0.39 is 0 Å². The van der Waals surface area contributed by atoms with Gasteiger partial charge in [-0.2, -0.15) is 0 Å². The van der Waals surface area contributed by atoms with E-state index >= 15 is 0 Å². The molecule has 0 aliphatic rings. The van der Waals surface area contributed by atoms with Gasteiger partial charge in [-0.3, -0.25) is 14.7 Å². The Hall–Kier alpha value is -1.92. The second-order valence-corrected chi connectivity index (χ2v) is 3.20. The van der Waals surface area contributed by atoms with Crippen molar-refractivity contribution in [2.75, 3.05) is 13.1 Å². The van der Waals surface area contributed by atoms with Gasteiger partial charge >= 0.3 is 0 Å². The zero-order chi connectivity index (χ0) is 12.0. The highest BCUT2D eigenvalue weighted by molar-refractivity contribution is 5.90. The highest BCUT2D eigenvalue weighted by atomic mass is 16.2. The molecule has 0 saturated heterocycles. The number of rotatable bonds is 5. The number of hydrogen-bond acceptors (Lipinski definition) is 4. The van der Waals surface area contributed by atoms with Gasteiger partial charge in [0.15, 0.2) is 0 Å². The first-order chi connectivity index (χ1) is 7.63. The van der Waals surface area contributed by atoms with Crippen molar-refractivity contribution >= 4 is 11.8 Å². The van der Waals surface area contributed by atoms with E-state index in [1.165, 1.54) is 6.92 Å². The van der Waals surface area contributed by atoms with E-state index in [1.807, 2.05) is 6.92 Å². The molecule has 1 heterocycles. The first-order valence-electron chi connectivity index (χ1n) is 5.07. The lowest BCUT2D eigenvalue weighted by Gasteiger charge is -2.02. The lowest BCUT2D eigenvalue weighted by molar-refractivity contribution is -0.118. The second-order valence-electron chi connectivity index (χ2n) is 3.20.